The van der Waals surface area contributed by atoms with Crippen LogP contribution in [0.3, 0.4) is 0 Å². The van der Waals surface area contributed by atoms with E-state index >= 15 is 0 Å². The zero-order valence-corrected chi connectivity index (χ0v) is 9.54. The summed E-state index contributed by atoms with van der Waals surface area (Å²) in [7, 11) is 0. The van der Waals surface area contributed by atoms with Crippen molar-refractivity contribution in [1.82, 2.24) is 4.90 Å². The lowest BCUT2D eigenvalue weighted by Crippen LogP contribution is -2.43. The molecule has 0 aliphatic carbocycles. The lowest BCUT2D eigenvalue weighted by molar-refractivity contribution is -0.148. The van der Waals surface area contributed by atoms with Crippen molar-refractivity contribution in [2.45, 2.75) is 18.6 Å². The number of epoxide rings is 1. The highest BCUT2D eigenvalue weighted by Gasteiger charge is 2.39. The fourth-order valence-electron chi connectivity index (χ4n) is 2.22. The van der Waals surface area contributed by atoms with Crippen LogP contribution in [0, 0.1) is 0 Å². The van der Waals surface area contributed by atoms with Gasteiger partial charge in [0.25, 0.3) is 5.91 Å². The van der Waals surface area contributed by atoms with E-state index in [9.17, 15) is 4.79 Å². The molecule has 0 spiro atoms. The molecular formula is C13H15NO3. The van der Waals surface area contributed by atoms with Crippen LogP contribution >= 0.6 is 0 Å². The van der Waals surface area contributed by atoms with E-state index in [1.807, 2.05) is 18.2 Å². The maximum absolute atomic E-state index is 12.1. The van der Waals surface area contributed by atoms with Gasteiger partial charge in [-0.2, -0.15) is 0 Å². The van der Waals surface area contributed by atoms with Crippen molar-refractivity contribution in [3.05, 3.63) is 35.9 Å². The monoisotopic (exact) mass is 233 g/mol. The zero-order valence-electron chi connectivity index (χ0n) is 9.54. The molecule has 2 atom stereocenters. The van der Waals surface area contributed by atoms with Gasteiger partial charge in [-0.15, -0.1) is 0 Å². The van der Waals surface area contributed by atoms with E-state index in [1.165, 1.54) is 5.56 Å². The van der Waals surface area contributed by atoms with Crippen LogP contribution in [-0.2, 0) is 14.3 Å². The smallest absolute Gasteiger partial charge is 0.256 e. The molecular weight excluding hydrogens is 218 g/mol. The number of benzene rings is 1. The highest BCUT2D eigenvalue weighted by molar-refractivity contribution is 5.83. The van der Waals surface area contributed by atoms with E-state index in [4.69, 9.17) is 9.47 Å². The third-order valence-electron chi connectivity index (χ3n) is 3.22. The first-order chi connectivity index (χ1) is 8.36. The topological polar surface area (TPSA) is 42.1 Å². The van der Waals surface area contributed by atoms with Gasteiger partial charge in [-0.3, -0.25) is 4.79 Å². The maximum Gasteiger partial charge on any atom is 0.256 e. The highest BCUT2D eigenvalue weighted by Crippen LogP contribution is 2.29. The van der Waals surface area contributed by atoms with E-state index in [2.05, 4.69) is 12.1 Å². The Morgan fingerprint density at radius 1 is 1.29 bits per heavy atom. The molecule has 2 aliphatic rings. The Balaban J connectivity index is 1.82. The molecule has 4 heteroatoms. The standard InChI is InChI=1S/C13H15NO3/c15-13(12-8-17-12)14-9-16-7-6-11(14)10-4-2-1-3-5-10/h1-5,11-12H,6-9H2. The number of carbonyl (C=O) groups excluding carboxylic acids is 1. The summed E-state index contributed by atoms with van der Waals surface area (Å²) < 4.78 is 10.4. The number of hydrogen-bond donors (Lipinski definition) is 0. The fraction of sp³-hybridized carbons (Fsp3) is 0.462. The molecule has 0 N–H and O–H groups in total. The molecule has 0 bridgehead atoms. The van der Waals surface area contributed by atoms with Crippen LogP contribution in [-0.4, -0.2) is 36.9 Å². The Morgan fingerprint density at radius 2 is 2.06 bits per heavy atom. The van der Waals surface area contributed by atoms with Gasteiger partial charge >= 0.3 is 0 Å². The summed E-state index contributed by atoms with van der Waals surface area (Å²) in [5.41, 5.74) is 1.17. The van der Waals surface area contributed by atoms with Gasteiger partial charge in [0, 0.05) is 0 Å². The number of amides is 1. The minimum absolute atomic E-state index is 0.0542. The summed E-state index contributed by atoms with van der Waals surface area (Å²) in [4.78, 5) is 13.9. The van der Waals surface area contributed by atoms with Crippen LogP contribution in [0.2, 0.25) is 0 Å². The predicted molar refractivity (Wildman–Crippen MR) is 61.2 cm³/mol. The number of ether oxygens (including phenoxy) is 2. The first-order valence-corrected chi connectivity index (χ1v) is 5.91. The molecule has 0 radical (unpaired) electrons. The van der Waals surface area contributed by atoms with Gasteiger partial charge in [-0.05, 0) is 12.0 Å². The number of hydrogen-bond acceptors (Lipinski definition) is 3. The second-order valence-corrected chi connectivity index (χ2v) is 4.38. The second kappa shape index (κ2) is 4.47. The maximum atomic E-state index is 12.1. The number of carbonyl (C=O) groups is 1. The molecule has 2 unspecified atom stereocenters. The minimum atomic E-state index is -0.233. The molecule has 2 saturated heterocycles. The van der Waals surface area contributed by atoms with Crippen molar-refractivity contribution in [2.24, 2.45) is 0 Å². The SMILES string of the molecule is O=C(C1CO1)N1COCCC1c1ccccc1. The van der Waals surface area contributed by atoms with Crippen LogP contribution in [0.5, 0.6) is 0 Å². The summed E-state index contributed by atoms with van der Waals surface area (Å²) in [6.07, 6.45) is 0.616. The molecule has 17 heavy (non-hydrogen) atoms. The quantitative estimate of drug-likeness (QED) is 0.724. The fourth-order valence-corrected chi connectivity index (χ4v) is 2.22. The van der Waals surface area contributed by atoms with Crippen molar-refractivity contribution in [1.29, 1.82) is 0 Å². The Labute approximate surface area is 100 Å². The largest absolute Gasteiger partial charge is 0.363 e. The van der Waals surface area contributed by atoms with Gasteiger partial charge in [0.15, 0.2) is 6.10 Å². The molecule has 2 fully saturated rings. The molecule has 90 valence electrons. The first-order valence-electron chi connectivity index (χ1n) is 5.91. The average Bonchev–Trinajstić information content (AvgIpc) is 3.23. The van der Waals surface area contributed by atoms with Crippen molar-refractivity contribution in [3.8, 4) is 0 Å². The normalized spacial score (nSPS) is 27.9. The minimum Gasteiger partial charge on any atom is -0.363 e. The molecule has 0 aromatic heterocycles. The summed E-state index contributed by atoms with van der Waals surface area (Å²) in [6, 6.07) is 10.2. The van der Waals surface area contributed by atoms with Gasteiger partial charge in [0.2, 0.25) is 0 Å². The van der Waals surface area contributed by atoms with Crippen molar-refractivity contribution >= 4 is 5.91 Å². The molecule has 1 aromatic carbocycles. The molecule has 2 heterocycles. The summed E-state index contributed by atoms with van der Waals surface area (Å²) >= 11 is 0. The molecule has 0 saturated carbocycles. The zero-order chi connectivity index (χ0) is 11.7. The predicted octanol–water partition coefficient (Wildman–Crippen LogP) is 1.33. The number of rotatable bonds is 2. The van der Waals surface area contributed by atoms with Crippen molar-refractivity contribution in [3.63, 3.8) is 0 Å². The molecule has 2 aliphatic heterocycles. The molecule has 3 rings (SSSR count). The summed E-state index contributed by atoms with van der Waals surface area (Å²) in [5, 5.41) is 0. The van der Waals surface area contributed by atoms with Gasteiger partial charge in [-0.25, -0.2) is 0 Å². The van der Waals surface area contributed by atoms with Crippen LogP contribution in [0.1, 0.15) is 18.0 Å². The highest BCUT2D eigenvalue weighted by atomic mass is 16.6. The van der Waals surface area contributed by atoms with Gasteiger partial charge in [0.1, 0.15) is 6.73 Å². The van der Waals surface area contributed by atoms with Crippen LogP contribution in [0.4, 0.5) is 0 Å². The van der Waals surface area contributed by atoms with Crippen molar-refractivity contribution in [2.75, 3.05) is 19.9 Å². The van der Waals surface area contributed by atoms with Gasteiger partial charge in [-0.1, -0.05) is 30.3 Å². The lowest BCUT2D eigenvalue weighted by atomic mass is 10.0. The van der Waals surface area contributed by atoms with Crippen LogP contribution < -0.4 is 0 Å². The van der Waals surface area contributed by atoms with E-state index in [-0.39, 0.29) is 18.1 Å². The van der Waals surface area contributed by atoms with Crippen LogP contribution in [0.25, 0.3) is 0 Å². The average molecular weight is 233 g/mol. The summed E-state index contributed by atoms with van der Waals surface area (Å²) in [5.74, 6) is 0.0542. The molecule has 1 aromatic rings. The van der Waals surface area contributed by atoms with E-state index < -0.39 is 0 Å². The first kappa shape index (κ1) is 10.7. The Bertz CT molecular complexity index is 402. The van der Waals surface area contributed by atoms with Gasteiger partial charge in [0.05, 0.1) is 19.3 Å². The Morgan fingerprint density at radius 3 is 2.76 bits per heavy atom. The molecule has 1 amide bonds. The third-order valence-corrected chi connectivity index (χ3v) is 3.22. The lowest BCUT2D eigenvalue weighted by Gasteiger charge is -2.35. The summed E-state index contributed by atoms with van der Waals surface area (Å²) in [6.45, 7) is 1.63. The molecule has 4 nitrogen and oxygen atoms in total. The van der Waals surface area contributed by atoms with Crippen LogP contribution in [0.15, 0.2) is 30.3 Å². The number of nitrogens with zero attached hydrogens (tertiary/aromatic N) is 1. The third kappa shape index (κ3) is 2.18. The van der Waals surface area contributed by atoms with Gasteiger partial charge < -0.3 is 14.4 Å². The van der Waals surface area contributed by atoms with E-state index in [1.54, 1.807) is 4.90 Å². The Hall–Kier alpha value is -1.39. The van der Waals surface area contributed by atoms with E-state index in [0.717, 1.165) is 6.42 Å². The second-order valence-electron chi connectivity index (χ2n) is 4.38. The van der Waals surface area contributed by atoms with Crippen molar-refractivity contribution < 1.29 is 14.3 Å². The Kier molecular flexibility index (Phi) is 2.82. The van der Waals surface area contributed by atoms with E-state index in [0.29, 0.717) is 19.9 Å².